The monoisotopic (exact) mass is 467 g/mol. The highest BCUT2D eigenvalue weighted by Crippen LogP contribution is 2.28. The summed E-state index contributed by atoms with van der Waals surface area (Å²) in [5.74, 6) is 0.659. The number of hydrogen-bond donors (Lipinski definition) is 0. The molecule has 0 saturated carbocycles. The molecular formula is C23H25N5O4S. The van der Waals surface area contributed by atoms with Crippen LogP contribution in [0.4, 0.5) is 0 Å². The summed E-state index contributed by atoms with van der Waals surface area (Å²) in [5, 5.41) is 10.3. The van der Waals surface area contributed by atoms with Gasteiger partial charge in [-0.3, -0.25) is 9.59 Å². The van der Waals surface area contributed by atoms with E-state index < -0.39 is 0 Å². The Balaban J connectivity index is 1.23. The Morgan fingerprint density at radius 3 is 2.39 bits per heavy atom. The summed E-state index contributed by atoms with van der Waals surface area (Å²) in [6, 6.07) is 9.68. The summed E-state index contributed by atoms with van der Waals surface area (Å²) < 4.78 is 13.0. The first-order chi connectivity index (χ1) is 16.0. The number of amides is 2. The fourth-order valence-corrected chi connectivity index (χ4v) is 5.09. The molecule has 1 fully saturated rings. The molecular weight excluding hydrogens is 442 g/mol. The summed E-state index contributed by atoms with van der Waals surface area (Å²) in [5.41, 5.74) is 3.04. The normalized spacial score (nSPS) is 18.2. The number of piperazine rings is 1. The maximum Gasteiger partial charge on any atom is 0.276 e. The van der Waals surface area contributed by atoms with Crippen molar-refractivity contribution in [3.05, 3.63) is 63.1 Å². The number of methoxy groups -OCH3 is 1. The van der Waals surface area contributed by atoms with Gasteiger partial charge in [0, 0.05) is 26.2 Å². The average Bonchev–Trinajstić information content (AvgIpc) is 3.49. The standard InChI is InChI=1S/C23H25N5O4S/c1-15-7-12-33-21(15)23(30)27-10-8-26(9-11-27)22(29)20-18-14-32-19(13-28(18)25-24-20)16-3-5-17(31-2)6-4-16/h3-7,12,19H,8-11,13-14H2,1-2H3. The molecule has 0 spiro atoms. The fraction of sp³-hybridized carbons (Fsp3) is 0.391. The molecule has 0 aliphatic carbocycles. The van der Waals surface area contributed by atoms with Crippen LogP contribution in [0, 0.1) is 6.92 Å². The Morgan fingerprint density at radius 2 is 1.76 bits per heavy atom. The second kappa shape index (κ2) is 8.95. The van der Waals surface area contributed by atoms with Gasteiger partial charge in [0.1, 0.15) is 11.9 Å². The van der Waals surface area contributed by atoms with Crippen LogP contribution in [-0.4, -0.2) is 69.9 Å². The van der Waals surface area contributed by atoms with Gasteiger partial charge in [-0.1, -0.05) is 17.3 Å². The molecule has 1 saturated heterocycles. The van der Waals surface area contributed by atoms with Crippen molar-refractivity contribution in [1.29, 1.82) is 0 Å². The minimum atomic E-state index is -0.165. The first kappa shape index (κ1) is 21.6. The van der Waals surface area contributed by atoms with Crippen LogP contribution in [0.3, 0.4) is 0 Å². The molecule has 2 aliphatic rings. The predicted octanol–water partition coefficient (Wildman–Crippen LogP) is 2.53. The van der Waals surface area contributed by atoms with Gasteiger partial charge in [-0.15, -0.1) is 16.4 Å². The molecule has 2 aromatic heterocycles. The van der Waals surface area contributed by atoms with E-state index in [0.29, 0.717) is 44.1 Å². The number of nitrogens with zero attached hydrogens (tertiary/aromatic N) is 5. The lowest BCUT2D eigenvalue weighted by Crippen LogP contribution is -2.50. The lowest BCUT2D eigenvalue weighted by Gasteiger charge is -2.34. The maximum atomic E-state index is 13.2. The zero-order chi connectivity index (χ0) is 22.9. The molecule has 0 bridgehead atoms. The van der Waals surface area contributed by atoms with E-state index in [1.165, 1.54) is 11.3 Å². The number of hydrogen-bond acceptors (Lipinski definition) is 7. The van der Waals surface area contributed by atoms with Crippen molar-refractivity contribution in [2.75, 3.05) is 33.3 Å². The van der Waals surface area contributed by atoms with Gasteiger partial charge in [0.2, 0.25) is 0 Å². The lowest BCUT2D eigenvalue weighted by molar-refractivity contribution is -0.00204. The van der Waals surface area contributed by atoms with Crippen LogP contribution in [-0.2, 0) is 17.9 Å². The molecule has 4 heterocycles. The third-order valence-corrected chi connectivity index (χ3v) is 7.20. The largest absolute Gasteiger partial charge is 0.497 e. The number of thiophene rings is 1. The lowest BCUT2D eigenvalue weighted by atomic mass is 10.1. The molecule has 0 N–H and O–H groups in total. The predicted molar refractivity (Wildman–Crippen MR) is 121 cm³/mol. The Labute approximate surface area is 195 Å². The van der Waals surface area contributed by atoms with Gasteiger partial charge in [-0.25, -0.2) is 4.68 Å². The number of aromatic nitrogens is 3. The van der Waals surface area contributed by atoms with Crippen LogP contribution in [0.15, 0.2) is 35.7 Å². The van der Waals surface area contributed by atoms with Crippen molar-refractivity contribution in [3.8, 4) is 5.75 Å². The second-order valence-corrected chi connectivity index (χ2v) is 9.07. The van der Waals surface area contributed by atoms with E-state index in [0.717, 1.165) is 21.8 Å². The van der Waals surface area contributed by atoms with E-state index >= 15 is 0 Å². The number of carbonyl (C=O) groups excluding carboxylic acids is 2. The van der Waals surface area contributed by atoms with Crippen molar-refractivity contribution >= 4 is 23.2 Å². The Morgan fingerprint density at radius 1 is 1.06 bits per heavy atom. The Hall–Kier alpha value is -3.24. The third kappa shape index (κ3) is 4.11. The van der Waals surface area contributed by atoms with Crippen molar-refractivity contribution < 1.29 is 19.1 Å². The molecule has 1 unspecified atom stereocenters. The minimum Gasteiger partial charge on any atom is -0.497 e. The molecule has 10 heteroatoms. The van der Waals surface area contributed by atoms with Gasteiger partial charge < -0.3 is 19.3 Å². The number of benzene rings is 1. The molecule has 9 nitrogen and oxygen atoms in total. The summed E-state index contributed by atoms with van der Waals surface area (Å²) in [7, 11) is 1.63. The fourth-order valence-electron chi connectivity index (χ4n) is 4.20. The van der Waals surface area contributed by atoms with Gasteiger partial charge in [-0.05, 0) is 41.6 Å². The highest BCUT2D eigenvalue weighted by molar-refractivity contribution is 7.12. The van der Waals surface area contributed by atoms with Gasteiger partial charge in [0.15, 0.2) is 5.69 Å². The first-order valence-electron chi connectivity index (χ1n) is 10.9. The molecule has 3 aromatic rings. The molecule has 2 aliphatic heterocycles. The van der Waals surface area contributed by atoms with E-state index in [4.69, 9.17) is 9.47 Å². The molecule has 0 radical (unpaired) electrons. The number of rotatable bonds is 4. The maximum absolute atomic E-state index is 13.2. The smallest absolute Gasteiger partial charge is 0.276 e. The summed E-state index contributed by atoms with van der Waals surface area (Å²) in [6.07, 6.45) is -0.164. The van der Waals surface area contributed by atoms with Crippen LogP contribution in [0.25, 0.3) is 0 Å². The van der Waals surface area contributed by atoms with Crippen molar-refractivity contribution in [1.82, 2.24) is 24.8 Å². The van der Waals surface area contributed by atoms with E-state index in [1.807, 2.05) is 47.5 Å². The van der Waals surface area contributed by atoms with Crippen molar-refractivity contribution in [3.63, 3.8) is 0 Å². The Bertz CT molecular complexity index is 1160. The zero-order valence-corrected chi connectivity index (χ0v) is 19.4. The van der Waals surface area contributed by atoms with Gasteiger partial charge in [-0.2, -0.15) is 0 Å². The molecule has 1 aromatic carbocycles. The van der Waals surface area contributed by atoms with Crippen LogP contribution in [0.2, 0.25) is 0 Å². The summed E-state index contributed by atoms with van der Waals surface area (Å²) >= 11 is 1.46. The third-order valence-electron chi connectivity index (χ3n) is 6.20. The highest BCUT2D eigenvalue weighted by atomic mass is 32.1. The van der Waals surface area contributed by atoms with Crippen LogP contribution >= 0.6 is 11.3 Å². The van der Waals surface area contributed by atoms with Crippen LogP contribution in [0.1, 0.15) is 43.1 Å². The van der Waals surface area contributed by atoms with Crippen LogP contribution < -0.4 is 4.74 Å². The SMILES string of the molecule is COc1ccc(C2Cn3nnc(C(=O)N4CCN(C(=O)c5sccc5C)CC4)c3CO2)cc1. The number of aryl methyl sites for hydroxylation is 1. The van der Waals surface area contributed by atoms with E-state index in [9.17, 15) is 9.59 Å². The quantitative estimate of drug-likeness (QED) is 0.586. The zero-order valence-electron chi connectivity index (χ0n) is 18.6. The average molecular weight is 468 g/mol. The molecule has 33 heavy (non-hydrogen) atoms. The highest BCUT2D eigenvalue weighted by Gasteiger charge is 2.32. The van der Waals surface area contributed by atoms with Crippen molar-refractivity contribution in [2.45, 2.75) is 26.2 Å². The van der Waals surface area contributed by atoms with E-state index in [-0.39, 0.29) is 24.5 Å². The molecule has 2 amide bonds. The first-order valence-corrected chi connectivity index (χ1v) is 11.7. The number of ether oxygens (including phenoxy) is 2. The minimum absolute atomic E-state index is 0.0358. The van der Waals surface area contributed by atoms with Gasteiger partial charge >= 0.3 is 0 Å². The van der Waals surface area contributed by atoms with E-state index in [1.54, 1.807) is 16.7 Å². The van der Waals surface area contributed by atoms with Gasteiger partial charge in [0.05, 0.1) is 30.8 Å². The van der Waals surface area contributed by atoms with E-state index in [2.05, 4.69) is 10.3 Å². The molecule has 1 atom stereocenters. The summed E-state index contributed by atoms with van der Waals surface area (Å²) in [6.45, 7) is 4.64. The summed E-state index contributed by atoms with van der Waals surface area (Å²) in [4.78, 5) is 30.2. The number of carbonyl (C=O) groups is 2. The van der Waals surface area contributed by atoms with Crippen LogP contribution in [0.5, 0.6) is 5.75 Å². The van der Waals surface area contributed by atoms with Crippen molar-refractivity contribution in [2.24, 2.45) is 0 Å². The van der Waals surface area contributed by atoms with Gasteiger partial charge in [0.25, 0.3) is 11.8 Å². The Kier molecular flexibility index (Phi) is 5.86. The number of fused-ring (bicyclic) bond motifs is 1. The molecule has 172 valence electrons. The molecule has 5 rings (SSSR count). The second-order valence-electron chi connectivity index (χ2n) is 8.16. The topological polar surface area (TPSA) is 89.8 Å².